The molecule has 0 aromatic heterocycles. The Morgan fingerprint density at radius 2 is 0.814 bits per heavy atom. The number of benzene rings is 9. The number of para-hydroxylation sites is 1. The molecule has 3 aliphatic carbocycles. The van der Waals surface area contributed by atoms with Gasteiger partial charge in [0, 0.05) is 22.4 Å². The molecule has 0 amide bonds. The van der Waals surface area contributed by atoms with Gasteiger partial charge in [0.25, 0.3) is 0 Å². The van der Waals surface area contributed by atoms with Crippen LogP contribution in [-0.4, -0.2) is 0 Å². The number of hydrogen-bond donors (Lipinski definition) is 0. The highest BCUT2D eigenvalue weighted by molar-refractivity contribution is 5.94. The second kappa shape index (κ2) is 13.2. The molecule has 0 aliphatic heterocycles. The highest BCUT2D eigenvalue weighted by Crippen LogP contribution is 2.60. The van der Waals surface area contributed by atoms with Crippen LogP contribution in [0.25, 0.3) is 33.4 Å². The minimum atomic E-state index is -0.508. The summed E-state index contributed by atoms with van der Waals surface area (Å²) in [4.78, 5) is 2.53. The molecule has 1 heteroatoms. The molecule has 0 saturated heterocycles. The Bertz CT molecular complexity index is 3020. The molecule has 1 nitrogen and oxygen atoms in total. The first-order chi connectivity index (χ1) is 29.3. The molecule has 9 aromatic carbocycles. The molecule has 278 valence electrons. The van der Waals surface area contributed by atoms with Gasteiger partial charge in [-0.05, 0) is 115 Å². The molecule has 12 rings (SSSR count). The van der Waals surface area contributed by atoms with Gasteiger partial charge in [-0.15, -0.1) is 0 Å². The van der Waals surface area contributed by atoms with E-state index in [1.54, 1.807) is 0 Å². The average molecular weight is 752 g/mol. The zero-order valence-corrected chi connectivity index (χ0v) is 32.7. The van der Waals surface area contributed by atoms with Gasteiger partial charge in [-0.2, -0.15) is 0 Å². The number of anilines is 3. The summed E-state index contributed by atoms with van der Waals surface area (Å²) in [5.74, 6) is 0. The van der Waals surface area contributed by atoms with Crippen LogP contribution in [0.5, 0.6) is 0 Å². The largest absolute Gasteiger partial charge is 0.310 e. The second-order valence-corrected chi connectivity index (χ2v) is 16.3. The molecule has 1 spiro atoms. The van der Waals surface area contributed by atoms with Gasteiger partial charge in [-0.1, -0.05) is 194 Å². The van der Waals surface area contributed by atoms with E-state index in [4.69, 9.17) is 0 Å². The van der Waals surface area contributed by atoms with Crippen LogP contribution in [-0.2, 0) is 17.3 Å². The van der Waals surface area contributed by atoms with Gasteiger partial charge in [0.05, 0.1) is 11.1 Å². The second-order valence-electron chi connectivity index (χ2n) is 16.3. The summed E-state index contributed by atoms with van der Waals surface area (Å²) in [7, 11) is 0. The van der Waals surface area contributed by atoms with E-state index in [1.807, 2.05) is 0 Å². The van der Waals surface area contributed by atoms with E-state index in [1.165, 1.54) is 77.9 Å². The van der Waals surface area contributed by atoms with E-state index < -0.39 is 5.41 Å². The first-order valence-corrected chi connectivity index (χ1v) is 20.9. The Balaban J connectivity index is 1.14. The van der Waals surface area contributed by atoms with Crippen molar-refractivity contribution in [3.63, 3.8) is 0 Å². The van der Waals surface area contributed by atoms with Crippen molar-refractivity contribution in [3.8, 4) is 33.4 Å². The van der Waals surface area contributed by atoms with Crippen LogP contribution in [0, 0.1) is 0 Å². The Morgan fingerprint density at radius 3 is 1.49 bits per heavy atom. The van der Waals surface area contributed by atoms with Crippen LogP contribution in [0.15, 0.2) is 224 Å². The fraction of sp³-hybridized carbons (Fsp3) is 0.0690. The normalized spacial score (nSPS) is 16.2. The summed E-state index contributed by atoms with van der Waals surface area (Å²) >= 11 is 0. The standard InChI is InChI=1S/C58H41N/c1-4-18-40(19-5-1)46-25-13-17-31-56(46)59(44-32-34-49-47-26-11-15-29-52(47)57(54(49)38-44)37-36-41-20-10-14-28-51(41)57)45-33-35-50-48-27-12-16-30-53(48)58(55(50)39-45,42-21-6-2-7-22-42)43-23-8-3-9-24-43/h1-35,38-39H,36-37H2. The SMILES string of the molecule is c1ccc(-c2ccccc2N(c2ccc3c(c2)C2(CCc4ccccc42)c2ccccc2-3)c2ccc3c(c2)C(c2ccccc2)(c2ccccc2)c2ccccc2-3)cc1. The Kier molecular flexibility index (Phi) is 7.56. The minimum absolute atomic E-state index is 0.196. The lowest BCUT2D eigenvalue weighted by molar-refractivity contribution is 0.626. The third-order valence-corrected chi connectivity index (χ3v) is 13.6. The van der Waals surface area contributed by atoms with Crippen LogP contribution in [0.2, 0.25) is 0 Å². The molecule has 1 unspecified atom stereocenters. The van der Waals surface area contributed by atoms with Crippen LogP contribution in [0.3, 0.4) is 0 Å². The molecule has 0 fully saturated rings. The summed E-state index contributed by atoms with van der Waals surface area (Å²) in [5.41, 5.74) is 21.3. The number of nitrogens with zero attached hydrogens (tertiary/aromatic N) is 1. The smallest absolute Gasteiger partial charge is 0.0714 e. The van der Waals surface area contributed by atoms with Crippen molar-refractivity contribution < 1.29 is 0 Å². The van der Waals surface area contributed by atoms with E-state index in [-0.39, 0.29) is 5.41 Å². The van der Waals surface area contributed by atoms with Gasteiger partial charge in [-0.25, -0.2) is 0 Å². The quantitative estimate of drug-likeness (QED) is 0.164. The Morgan fingerprint density at radius 1 is 0.339 bits per heavy atom. The highest BCUT2D eigenvalue weighted by atomic mass is 15.1. The molecule has 0 radical (unpaired) electrons. The maximum Gasteiger partial charge on any atom is 0.0714 e. The first-order valence-electron chi connectivity index (χ1n) is 20.9. The van der Waals surface area contributed by atoms with E-state index in [9.17, 15) is 0 Å². The van der Waals surface area contributed by atoms with Crippen molar-refractivity contribution in [1.29, 1.82) is 0 Å². The third-order valence-electron chi connectivity index (χ3n) is 13.6. The molecule has 0 N–H and O–H groups in total. The van der Waals surface area contributed by atoms with Crippen molar-refractivity contribution >= 4 is 17.1 Å². The van der Waals surface area contributed by atoms with Gasteiger partial charge in [-0.3, -0.25) is 0 Å². The number of aryl methyl sites for hydroxylation is 1. The van der Waals surface area contributed by atoms with Gasteiger partial charge < -0.3 is 4.90 Å². The summed E-state index contributed by atoms with van der Waals surface area (Å²) in [6.45, 7) is 0. The first kappa shape index (κ1) is 33.9. The Labute approximate surface area is 346 Å². The molecule has 59 heavy (non-hydrogen) atoms. The molecule has 9 aromatic rings. The fourth-order valence-electron chi connectivity index (χ4n) is 11.2. The van der Waals surface area contributed by atoms with Crippen LogP contribution < -0.4 is 4.90 Å². The predicted octanol–water partition coefficient (Wildman–Crippen LogP) is 14.4. The summed E-state index contributed by atoms with van der Waals surface area (Å²) < 4.78 is 0. The van der Waals surface area contributed by atoms with E-state index >= 15 is 0 Å². The molecule has 0 bridgehead atoms. The summed E-state index contributed by atoms with van der Waals surface area (Å²) in [6, 6.07) is 83.9. The van der Waals surface area contributed by atoms with Gasteiger partial charge in [0.2, 0.25) is 0 Å². The van der Waals surface area contributed by atoms with Crippen molar-refractivity contribution in [1.82, 2.24) is 0 Å². The third kappa shape index (κ3) is 4.79. The maximum atomic E-state index is 2.53. The highest BCUT2D eigenvalue weighted by Gasteiger charge is 2.49. The van der Waals surface area contributed by atoms with E-state index in [0.717, 1.165) is 29.9 Å². The molecule has 0 heterocycles. The lowest BCUT2D eigenvalue weighted by Crippen LogP contribution is -2.28. The zero-order chi connectivity index (χ0) is 39.0. The van der Waals surface area contributed by atoms with Gasteiger partial charge in [0.15, 0.2) is 0 Å². The van der Waals surface area contributed by atoms with Crippen molar-refractivity contribution in [3.05, 3.63) is 269 Å². The van der Waals surface area contributed by atoms with Crippen LogP contribution in [0.4, 0.5) is 17.1 Å². The molecular weight excluding hydrogens is 711 g/mol. The number of hydrogen-bond acceptors (Lipinski definition) is 1. The van der Waals surface area contributed by atoms with E-state index in [2.05, 4.69) is 229 Å². The van der Waals surface area contributed by atoms with Gasteiger partial charge >= 0.3 is 0 Å². The lowest BCUT2D eigenvalue weighted by Gasteiger charge is -2.35. The maximum absolute atomic E-state index is 2.53. The predicted molar refractivity (Wildman–Crippen MR) is 244 cm³/mol. The van der Waals surface area contributed by atoms with Gasteiger partial charge in [0.1, 0.15) is 0 Å². The molecule has 0 saturated carbocycles. The minimum Gasteiger partial charge on any atom is -0.310 e. The fourth-order valence-corrected chi connectivity index (χ4v) is 11.2. The Hall–Kier alpha value is -7.22. The number of fused-ring (bicyclic) bond motifs is 10. The molecule has 3 aliphatic rings. The molecule has 1 atom stereocenters. The van der Waals surface area contributed by atoms with E-state index in [0.29, 0.717) is 0 Å². The average Bonchev–Trinajstić information content (AvgIpc) is 3.94. The van der Waals surface area contributed by atoms with Crippen LogP contribution in [0.1, 0.15) is 50.9 Å². The summed E-state index contributed by atoms with van der Waals surface area (Å²) in [5, 5.41) is 0. The van der Waals surface area contributed by atoms with Crippen LogP contribution >= 0.6 is 0 Å². The van der Waals surface area contributed by atoms with Crippen molar-refractivity contribution in [2.75, 3.05) is 4.90 Å². The zero-order valence-electron chi connectivity index (χ0n) is 32.7. The van der Waals surface area contributed by atoms with Crippen molar-refractivity contribution in [2.45, 2.75) is 23.7 Å². The topological polar surface area (TPSA) is 3.24 Å². The van der Waals surface area contributed by atoms with Crippen molar-refractivity contribution in [2.24, 2.45) is 0 Å². The summed E-state index contributed by atoms with van der Waals surface area (Å²) in [6.07, 6.45) is 2.13. The molecular formula is C58H41N. The number of rotatable bonds is 6. The monoisotopic (exact) mass is 751 g/mol. The lowest BCUT2D eigenvalue weighted by atomic mass is 9.67.